The molecular formula is C17H25NO2. The maximum atomic E-state index is 11.6. The lowest BCUT2D eigenvalue weighted by molar-refractivity contribution is 0.0601. The number of aromatic nitrogens is 1. The number of rotatable bonds is 4. The molecule has 2 rings (SSSR count). The molecule has 0 saturated heterocycles. The fourth-order valence-electron chi connectivity index (χ4n) is 2.24. The van der Waals surface area contributed by atoms with Crippen LogP contribution in [0.15, 0.2) is 24.4 Å². The van der Waals surface area contributed by atoms with E-state index < -0.39 is 0 Å². The maximum absolute atomic E-state index is 11.6. The van der Waals surface area contributed by atoms with Gasteiger partial charge in [-0.25, -0.2) is 4.79 Å². The van der Waals surface area contributed by atoms with E-state index in [-0.39, 0.29) is 5.97 Å². The Morgan fingerprint density at radius 1 is 1.30 bits per heavy atom. The number of hydrogen-bond donors (Lipinski definition) is 0. The summed E-state index contributed by atoms with van der Waals surface area (Å²) in [5.74, 6) is -0.275. The number of unbranched alkanes of at least 4 members (excludes halogenated alkanes) is 1. The summed E-state index contributed by atoms with van der Waals surface area (Å²) in [7, 11) is 1.41. The van der Waals surface area contributed by atoms with E-state index in [0.29, 0.717) is 5.56 Å². The molecule has 0 amide bonds. The number of fused-ring (bicyclic) bond motifs is 1. The van der Waals surface area contributed by atoms with E-state index in [2.05, 4.69) is 23.8 Å². The van der Waals surface area contributed by atoms with Gasteiger partial charge in [0.25, 0.3) is 0 Å². The fraction of sp³-hybridized carbons (Fsp3) is 0.471. The molecule has 0 atom stereocenters. The third kappa shape index (κ3) is 3.41. The molecule has 1 aromatic carbocycles. The lowest BCUT2D eigenvalue weighted by Gasteiger charge is -2.07. The Hall–Kier alpha value is -1.77. The van der Waals surface area contributed by atoms with E-state index in [1.807, 2.05) is 32.9 Å². The monoisotopic (exact) mass is 275 g/mol. The Kier molecular flexibility index (Phi) is 6.29. The molecule has 0 fully saturated rings. The van der Waals surface area contributed by atoms with Crippen LogP contribution in [0.5, 0.6) is 0 Å². The first-order valence-electron chi connectivity index (χ1n) is 7.35. The van der Waals surface area contributed by atoms with Gasteiger partial charge < -0.3 is 9.30 Å². The molecule has 0 aliphatic heterocycles. The van der Waals surface area contributed by atoms with Crippen molar-refractivity contribution >= 4 is 16.9 Å². The first kappa shape index (κ1) is 16.3. The second-order valence-corrected chi connectivity index (χ2v) is 4.58. The van der Waals surface area contributed by atoms with Crippen molar-refractivity contribution < 1.29 is 9.53 Å². The molecule has 0 N–H and O–H groups in total. The number of methoxy groups -OCH3 is 1. The van der Waals surface area contributed by atoms with Crippen molar-refractivity contribution in [2.75, 3.05) is 7.11 Å². The summed E-state index contributed by atoms with van der Waals surface area (Å²) >= 11 is 0. The zero-order valence-electron chi connectivity index (χ0n) is 13.2. The third-order valence-corrected chi connectivity index (χ3v) is 3.27. The van der Waals surface area contributed by atoms with Gasteiger partial charge in [-0.15, -0.1) is 0 Å². The lowest BCUT2D eigenvalue weighted by Crippen LogP contribution is -2.03. The summed E-state index contributed by atoms with van der Waals surface area (Å²) in [5.41, 5.74) is 2.85. The van der Waals surface area contributed by atoms with Crippen LogP contribution in [0.4, 0.5) is 0 Å². The predicted molar refractivity (Wildman–Crippen MR) is 84.3 cm³/mol. The molecule has 110 valence electrons. The van der Waals surface area contributed by atoms with Crippen LogP contribution in [0.25, 0.3) is 10.9 Å². The van der Waals surface area contributed by atoms with Crippen LogP contribution in [0.1, 0.15) is 49.5 Å². The van der Waals surface area contributed by atoms with E-state index in [4.69, 9.17) is 4.74 Å². The summed E-state index contributed by atoms with van der Waals surface area (Å²) in [6.45, 7) is 9.19. The van der Waals surface area contributed by atoms with Gasteiger partial charge in [-0.1, -0.05) is 27.2 Å². The number of esters is 1. The summed E-state index contributed by atoms with van der Waals surface area (Å²) in [5, 5.41) is 1.21. The number of carbonyl (C=O) groups excluding carboxylic acids is 1. The number of ether oxygens (including phenoxy) is 1. The lowest BCUT2D eigenvalue weighted by atomic mass is 10.1. The van der Waals surface area contributed by atoms with Crippen LogP contribution in [-0.2, 0) is 11.3 Å². The zero-order chi connectivity index (χ0) is 15.1. The normalized spacial score (nSPS) is 10.1. The SMILES string of the molecule is CC.CCCCn1ccc2c(C)cc(C(=O)OC)cc21. The Morgan fingerprint density at radius 2 is 2.00 bits per heavy atom. The Morgan fingerprint density at radius 3 is 2.60 bits per heavy atom. The molecule has 3 nitrogen and oxygen atoms in total. The van der Waals surface area contributed by atoms with Crippen molar-refractivity contribution in [1.82, 2.24) is 4.57 Å². The van der Waals surface area contributed by atoms with E-state index in [9.17, 15) is 4.79 Å². The van der Waals surface area contributed by atoms with Crippen molar-refractivity contribution in [2.45, 2.75) is 47.1 Å². The van der Waals surface area contributed by atoms with Crippen LogP contribution in [0.2, 0.25) is 0 Å². The second kappa shape index (κ2) is 7.73. The minimum absolute atomic E-state index is 0.275. The van der Waals surface area contributed by atoms with Gasteiger partial charge in [0.05, 0.1) is 12.7 Å². The van der Waals surface area contributed by atoms with E-state index in [0.717, 1.165) is 30.5 Å². The maximum Gasteiger partial charge on any atom is 0.337 e. The van der Waals surface area contributed by atoms with Crippen molar-refractivity contribution in [1.29, 1.82) is 0 Å². The first-order valence-corrected chi connectivity index (χ1v) is 7.35. The van der Waals surface area contributed by atoms with Gasteiger partial charge >= 0.3 is 5.97 Å². The van der Waals surface area contributed by atoms with Gasteiger partial charge in [0.1, 0.15) is 0 Å². The molecule has 0 unspecified atom stereocenters. The molecule has 1 heterocycles. The van der Waals surface area contributed by atoms with Gasteiger partial charge in [-0.3, -0.25) is 0 Å². The Labute approximate surface area is 121 Å². The standard InChI is InChI=1S/C15H19NO2.C2H6/c1-4-5-7-16-8-6-13-11(2)9-12(10-14(13)16)15(17)18-3;1-2/h6,8-10H,4-5,7H2,1-3H3;1-2H3. The zero-order valence-corrected chi connectivity index (χ0v) is 13.2. The molecule has 1 aromatic heterocycles. The molecule has 3 heteroatoms. The quantitative estimate of drug-likeness (QED) is 0.766. The molecule has 0 radical (unpaired) electrons. The molecule has 0 bridgehead atoms. The Balaban J connectivity index is 0.000000956. The number of benzene rings is 1. The summed E-state index contributed by atoms with van der Waals surface area (Å²) in [6, 6.07) is 5.92. The summed E-state index contributed by atoms with van der Waals surface area (Å²) in [6.07, 6.45) is 4.40. The van der Waals surface area contributed by atoms with Crippen molar-refractivity contribution in [2.24, 2.45) is 0 Å². The van der Waals surface area contributed by atoms with Gasteiger partial charge in [0, 0.05) is 23.6 Å². The van der Waals surface area contributed by atoms with Crippen LogP contribution >= 0.6 is 0 Å². The van der Waals surface area contributed by atoms with E-state index in [1.54, 1.807) is 0 Å². The van der Waals surface area contributed by atoms with Gasteiger partial charge in [0.2, 0.25) is 0 Å². The molecular weight excluding hydrogens is 250 g/mol. The van der Waals surface area contributed by atoms with Gasteiger partial charge in [0.15, 0.2) is 0 Å². The van der Waals surface area contributed by atoms with Crippen molar-refractivity contribution in [3.05, 3.63) is 35.5 Å². The van der Waals surface area contributed by atoms with Crippen LogP contribution in [0, 0.1) is 6.92 Å². The number of hydrogen-bond acceptors (Lipinski definition) is 2. The van der Waals surface area contributed by atoms with Crippen LogP contribution in [0.3, 0.4) is 0 Å². The molecule has 0 spiro atoms. The number of carbonyl (C=O) groups is 1. The number of nitrogens with zero attached hydrogens (tertiary/aromatic N) is 1. The molecule has 20 heavy (non-hydrogen) atoms. The molecule has 0 aliphatic carbocycles. The average molecular weight is 275 g/mol. The largest absolute Gasteiger partial charge is 0.465 e. The topological polar surface area (TPSA) is 31.2 Å². The Bertz CT molecular complexity index is 570. The third-order valence-electron chi connectivity index (χ3n) is 3.27. The fourth-order valence-corrected chi connectivity index (χ4v) is 2.24. The van der Waals surface area contributed by atoms with Crippen molar-refractivity contribution in [3.63, 3.8) is 0 Å². The van der Waals surface area contributed by atoms with Gasteiger partial charge in [-0.2, -0.15) is 0 Å². The highest BCUT2D eigenvalue weighted by Crippen LogP contribution is 2.23. The van der Waals surface area contributed by atoms with Gasteiger partial charge in [-0.05, 0) is 37.1 Å². The number of aryl methyl sites for hydroxylation is 2. The highest BCUT2D eigenvalue weighted by atomic mass is 16.5. The predicted octanol–water partition coefficient (Wildman–Crippen LogP) is 4.56. The summed E-state index contributed by atoms with van der Waals surface area (Å²) in [4.78, 5) is 11.6. The molecule has 2 aromatic rings. The molecule has 0 aliphatic rings. The second-order valence-electron chi connectivity index (χ2n) is 4.58. The minimum Gasteiger partial charge on any atom is -0.465 e. The van der Waals surface area contributed by atoms with E-state index in [1.165, 1.54) is 12.5 Å². The summed E-state index contributed by atoms with van der Waals surface area (Å²) < 4.78 is 7.00. The van der Waals surface area contributed by atoms with Crippen LogP contribution in [-0.4, -0.2) is 17.6 Å². The average Bonchev–Trinajstić information content (AvgIpc) is 2.90. The smallest absolute Gasteiger partial charge is 0.337 e. The highest BCUT2D eigenvalue weighted by molar-refractivity contribution is 5.96. The first-order chi connectivity index (χ1) is 9.67. The van der Waals surface area contributed by atoms with Crippen molar-refractivity contribution in [3.8, 4) is 0 Å². The van der Waals surface area contributed by atoms with E-state index >= 15 is 0 Å². The minimum atomic E-state index is -0.275. The molecule has 0 saturated carbocycles. The van der Waals surface area contributed by atoms with Crippen LogP contribution < -0.4 is 0 Å². The highest BCUT2D eigenvalue weighted by Gasteiger charge is 2.11.